The van der Waals surface area contributed by atoms with E-state index < -0.39 is 0 Å². The van der Waals surface area contributed by atoms with Gasteiger partial charge in [0.2, 0.25) is 0 Å². The highest BCUT2D eigenvalue weighted by Gasteiger charge is 2.46. The van der Waals surface area contributed by atoms with Crippen molar-refractivity contribution in [2.75, 3.05) is 11.9 Å². The predicted octanol–water partition coefficient (Wildman–Crippen LogP) is 4.82. The molecule has 0 amide bonds. The molecular weight excluding hydrogens is 287 g/mol. The van der Waals surface area contributed by atoms with Gasteiger partial charge >= 0.3 is 0 Å². The highest BCUT2D eigenvalue weighted by molar-refractivity contribution is 6.33. The molecule has 118 valence electrons. The van der Waals surface area contributed by atoms with E-state index in [1.807, 2.05) is 0 Å². The van der Waals surface area contributed by atoms with E-state index in [-0.39, 0.29) is 22.2 Å². The van der Waals surface area contributed by atoms with Gasteiger partial charge in [0.05, 0.1) is 16.2 Å². The van der Waals surface area contributed by atoms with Crippen LogP contribution in [0.4, 0.5) is 10.1 Å². The molecule has 0 unspecified atom stereocenters. The summed E-state index contributed by atoms with van der Waals surface area (Å²) in [4.78, 5) is 0. The Hall–Kier alpha value is -0.800. The van der Waals surface area contributed by atoms with E-state index in [0.717, 1.165) is 19.3 Å². The Labute approximate surface area is 132 Å². The topological polar surface area (TPSA) is 38.0 Å². The van der Waals surface area contributed by atoms with Crippen LogP contribution in [0, 0.1) is 16.6 Å². The lowest BCUT2D eigenvalue weighted by Gasteiger charge is -2.52. The molecule has 0 saturated heterocycles. The van der Waals surface area contributed by atoms with Crippen LogP contribution in [-0.4, -0.2) is 12.1 Å². The fourth-order valence-corrected chi connectivity index (χ4v) is 4.64. The minimum Gasteiger partial charge on any atom is -0.377 e. The minimum absolute atomic E-state index is 0.188. The number of benzene rings is 1. The van der Waals surface area contributed by atoms with Crippen molar-refractivity contribution in [2.45, 2.75) is 52.5 Å². The summed E-state index contributed by atoms with van der Waals surface area (Å²) in [7, 11) is 0. The summed E-state index contributed by atoms with van der Waals surface area (Å²) in [5.74, 6) is -0.289. The standard InChI is InChI=1S/C17H26ClFN2/c1-15(2)8-16(3,4)10-17(9-15,11-20)21-14-7-12(19)5-6-13(14)18/h5-7,21H,8-11,20H2,1-4H3. The van der Waals surface area contributed by atoms with Gasteiger partial charge in [-0.3, -0.25) is 0 Å². The zero-order valence-electron chi connectivity index (χ0n) is 13.4. The number of rotatable bonds is 3. The molecule has 1 aromatic carbocycles. The Morgan fingerprint density at radius 2 is 1.71 bits per heavy atom. The summed E-state index contributed by atoms with van der Waals surface area (Å²) in [6, 6.07) is 4.41. The van der Waals surface area contributed by atoms with Crippen LogP contribution in [0.5, 0.6) is 0 Å². The van der Waals surface area contributed by atoms with Crippen LogP contribution in [0.15, 0.2) is 18.2 Å². The second-order valence-electron chi connectivity index (χ2n) is 8.09. The van der Waals surface area contributed by atoms with Crippen molar-refractivity contribution >= 4 is 17.3 Å². The van der Waals surface area contributed by atoms with Gasteiger partial charge < -0.3 is 11.1 Å². The van der Waals surface area contributed by atoms with Crippen LogP contribution < -0.4 is 11.1 Å². The summed E-state index contributed by atoms with van der Waals surface area (Å²) in [6.07, 6.45) is 3.06. The van der Waals surface area contributed by atoms with Crippen molar-refractivity contribution in [3.8, 4) is 0 Å². The molecule has 0 heterocycles. The van der Waals surface area contributed by atoms with E-state index in [0.29, 0.717) is 17.3 Å². The van der Waals surface area contributed by atoms with Gasteiger partial charge in [-0.25, -0.2) is 4.39 Å². The molecule has 0 bridgehead atoms. The van der Waals surface area contributed by atoms with Gasteiger partial charge in [-0.1, -0.05) is 39.3 Å². The predicted molar refractivity (Wildman–Crippen MR) is 88.2 cm³/mol. The molecule has 3 N–H and O–H groups in total. The Morgan fingerprint density at radius 3 is 2.24 bits per heavy atom. The summed E-state index contributed by atoms with van der Waals surface area (Å²) in [6.45, 7) is 9.59. The van der Waals surface area contributed by atoms with Gasteiger partial charge in [0.1, 0.15) is 5.82 Å². The number of hydrogen-bond acceptors (Lipinski definition) is 2. The second-order valence-corrected chi connectivity index (χ2v) is 8.50. The molecule has 21 heavy (non-hydrogen) atoms. The van der Waals surface area contributed by atoms with Crippen molar-refractivity contribution < 1.29 is 4.39 Å². The third kappa shape index (κ3) is 3.89. The minimum atomic E-state index is -0.289. The lowest BCUT2D eigenvalue weighted by Crippen LogP contribution is -2.55. The maximum absolute atomic E-state index is 13.5. The molecule has 4 heteroatoms. The number of anilines is 1. The van der Waals surface area contributed by atoms with Gasteiger partial charge in [-0.05, 0) is 48.3 Å². The smallest absolute Gasteiger partial charge is 0.125 e. The average Bonchev–Trinajstić information content (AvgIpc) is 2.30. The number of nitrogens with two attached hydrogens (primary N) is 1. The second kappa shape index (κ2) is 5.44. The number of hydrogen-bond donors (Lipinski definition) is 2. The van der Waals surface area contributed by atoms with Crippen molar-refractivity contribution in [3.05, 3.63) is 29.0 Å². The molecule has 0 aliphatic heterocycles. The van der Waals surface area contributed by atoms with Crippen LogP contribution in [-0.2, 0) is 0 Å². The fraction of sp³-hybridized carbons (Fsp3) is 0.647. The van der Waals surface area contributed by atoms with Gasteiger partial charge in [-0.2, -0.15) is 0 Å². The van der Waals surface area contributed by atoms with Crippen molar-refractivity contribution in [1.29, 1.82) is 0 Å². The molecule has 2 rings (SSSR count). The normalized spacial score (nSPS) is 22.8. The average molecular weight is 313 g/mol. The van der Waals surface area contributed by atoms with E-state index in [9.17, 15) is 4.39 Å². The van der Waals surface area contributed by atoms with Gasteiger partial charge in [0.25, 0.3) is 0 Å². The first-order chi connectivity index (χ1) is 9.56. The van der Waals surface area contributed by atoms with Crippen molar-refractivity contribution in [3.63, 3.8) is 0 Å². The van der Waals surface area contributed by atoms with E-state index in [2.05, 4.69) is 33.0 Å². The Morgan fingerprint density at radius 1 is 1.14 bits per heavy atom. The van der Waals surface area contributed by atoms with E-state index in [1.165, 1.54) is 12.1 Å². The molecular formula is C17H26ClFN2. The van der Waals surface area contributed by atoms with E-state index in [4.69, 9.17) is 17.3 Å². The molecule has 1 aliphatic rings. The molecule has 1 saturated carbocycles. The van der Waals surface area contributed by atoms with Crippen LogP contribution in [0.2, 0.25) is 5.02 Å². The molecule has 2 nitrogen and oxygen atoms in total. The van der Waals surface area contributed by atoms with Crippen LogP contribution in [0.25, 0.3) is 0 Å². The summed E-state index contributed by atoms with van der Waals surface area (Å²) in [5, 5.41) is 4.00. The van der Waals surface area contributed by atoms with E-state index in [1.54, 1.807) is 6.07 Å². The van der Waals surface area contributed by atoms with Crippen molar-refractivity contribution in [2.24, 2.45) is 16.6 Å². The van der Waals surface area contributed by atoms with Gasteiger partial charge in [0.15, 0.2) is 0 Å². The van der Waals surface area contributed by atoms with E-state index >= 15 is 0 Å². The third-order valence-electron chi connectivity index (χ3n) is 4.31. The number of halogens is 2. The first-order valence-electron chi connectivity index (χ1n) is 7.50. The zero-order chi connectivity index (χ0) is 15.9. The third-order valence-corrected chi connectivity index (χ3v) is 4.64. The van der Waals surface area contributed by atoms with Crippen LogP contribution in [0.3, 0.4) is 0 Å². The highest BCUT2D eigenvalue weighted by Crippen LogP contribution is 2.51. The highest BCUT2D eigenvalue weighted by atomic mass is 35.5. The molecule has 1 aliphatic carbocycles. The number of nitrogens with one attached hydrogen (secondary N) is 1. The molecule has 0 atom stereocenters. The SMILES string of the molecule is CC1(C)CC(C)(C)CC(CN)(Nc2cc(F)ccc2Cl)C1. The van der Waals surface area contributed by atoms with Crippen LogP contribution in [0.1, 0.15) is 47.0 Å². The molecule has 1 fully saturated rings. The summed E-state index contributed by atoms with van der Waals surface area (Å²) < 4.78 is 13.5. The maximum atomic E-state index is 13.5. The molecule has 0 aromatic heterocycles. The lowest BCUT2D eigenvalue weighted by molar-refractivity contribution is 0.0623. The Kier molecular flexibility index (Phi) is 4.29. The van der Waals surface area contributed by atoms with Gasteiger partial charge in [-0.15, -0.1) is 0 Å². The zero-order valence-corrected chi connectivity index (χ0v) is 14.1. The maximum Gasteiger partial charge on any atom is 0.125 e. The molecule has 0 radical (unpaired) electrons. The quantitative estimate of drug-likeness (QED) is 0.839. The first-order valence-corrected chi connectivity index (χ1v) is 7.88. The lowest BCUT2D eigenvalue weighted by atomic mass is 9.58. The van der Waals surface area contributed by atoms with Crippen LogP contribution >= 0.6 is 11.6 Å². The fourth-order valence-electron chi connectivity index (χ4n) is 4.48. The monoisotopic (exact) mass is 312 g/mol. The molecule has 0 spiro atoms. The Balaban J connectivity index is 2.35. The molecule has 1 aromatic rings. The largest absolute Gasteiger partial charge is 0.377 e. The first kappa shape index (κ1) is 16.6. The van der Waals surface area contributed by atoms with Gasteiger partial charge in [0, 0.05) is 6.54 Å². The van der Waals surface area contributed by atoms with Crippen molar-refractivity contribution in [1.82, 2.24) is 0 Å². The summed E-state index contributed by atoms with van der Waals surface area (Å²) >= 11 is 6.21. The summed E-state index contributed by atoms with van der Waals surface area (Å²) in [5.41, 5.74) is 6.88. The Bertz CT molecular complexity index is 510.